The van der Waals surface area contributed by atoms with Gasteiger partial charge in [0.25, 0.3) is 0 Å². The Morgan fingerprint density at radius 3 is 1.15 bits per heavy atom. The number of nitriles is 5. The van der Waals surface area contributed by atoms with Crippen LogP contribution in [0.1, 0.15) is 27.8 Å². The lowest BCUT2D eigenvalue weighted by Crippen LogP contribution is -2.04. The molecular formula is C56H29N9. The van der Waals surface area contributed by atoms with Crippen molar-refractivity contribution in [1.82, 2.24) is 19.5 Å². The molecule has 2 heterocycles. The van der Waals surface area contributed by atoms with Gasteiger partial charge in [-0.15, -0.1) is 0 Å². The van der Waals surface area contributed by atoms with Crippen LogP contribution in [0, 0.1) is 56.7 Å². The summed E-state index contributed by atoms with van der Waals surface area (Å²) in [5, 5.41) is 50.8. The molecular weight excluding hydrogens is 799 g/mol. The summed E-state index contributed by atoms with van der Waals surface area (Å²) in [6.45, 7) is 0. The van der Waals surface area contributed by atoms with E-state index in [9.17, 15) is 26.3 Å². The van der Waals surface area contributed by atoms with Gasteiger partial charge < -0.3 is 4.57 Å². The molecule has 8 aromatic carbocycles. The molecule has 9 heteroatoms. The molecule has 10 aromatic rings. The SMILES string of the molecule is N#Cc1ccc(-c2ccc(-n3c4ccc(-c5cc(C#N)cc(C#N)c5)cc4c4cc(-c5cc(C#N)cc(C#N)c5)ccc43)c(-c3nc(-c4ccccc4)nc(-c4ccccc4)n3)c2)cc1. The fourth-order valence-corrected chi connectivity index (χ4v) is 8.24. The minimum absolute atomic E-state index is 0.378. The van der Waals surface area contributed by atoms with Crippen molar-refractivity contribution >= 4 is 21.8 Å². The van der Waals surface area contributed by atoms with Crippen LogP contribution in [0.25, 0.3) is 95.0 Å². The van der Waals surface area contributed by atoms with Crippen LogP contribution in [0.3, 0.4) is 0 Å². The van der Waals surface area contributed by atoms with Crippen LogP contribution >= 0.6 is 0 Å². The maximum atomic E-state index is 9.85. The van der Waals surface area contributed by atoms with Crippen molar-refractivity contribution < 1.29 is 0 Å². The second-order valence-electron chi connectivity index (χ2n) is 15.3. The lowest BCUT2D eigenvalue weighted by atomic mass is 9.97. The summed E-state index contributed by atoms with van der Waals surface area (Å²) in [5.41, 5.74) is 11.8. The summed E-state index contributed by atoms with van der Waals surface area (Å²) in [6.07, 6.45) is 0. The van der Waals surface area contributed by atoms with E-state index in [-0.39, 0.29) is 0 Å². The number of hydrogen-bond acceptors (Lipinski definition) is 8. The van der Waals surface area contributed by atoms with Crippen molar-refractivity contribution in [2.45, 2.75) is 0 Å². The van der Waals surface area contributed by atoms with Crippen molar-refractivity contribution in [3.8, 4) is 104 Å². The van der Waals surface area contributed by atoms with E-state index in [0.717, 1.165) is 77.6 Å². The Balaban J connectivity index is 1.28. The predicted octanol–water partition coefficient (Wildman–Crippen LogP) is 12.3. The third-order valence-corrected chi connectivity index (χ3v) is 11.3. The molecule has 0 aliphatic carbocycles. The van der Waals surface area contributed by atoms with Gasteiger partial charge in [0.2, 0.25) is 0 Å². The Kier molecular flexibility index (Phi) is 9.93. The van der Waals surface area contributed by atoms with Crippen LogP contribution in [0.15, 0.2) is 176 Å². The largest absolute Gasteiger partial charge is 0.308 e. The summed E-state index contributed by atoms with van der Waals surface area (Å²) >= 11 is 0. The average molecular weight is 828 g/mol. The summed E-state index contributed by atoms with van der Waals surface area (Å²) in [4.78, 5) is 15.3. The van der Waals surface area contributed by atoms with Crippen molar-refractivity contribution in [3.05, 3.63) is 204 Å². The number of hydrogen-bond donors (Lipinski definition) is 0. The Morgan fingerprint density at radius 2 is 0.708 bits per heavy atom. The van der Waals surface area contributed by atoms with E-state index in [1.54, 1.807) is 48.5 Å². The van der Waals surface area contributed by atoms with E-state index in [2.05, 4.69) is 59.2 Å². The molecule has 0 fully saturated rings. The molecule has 298 valence electrons. The van der Waals surface area contributed by atoms with Gasteiger partial charge in [-0.1, -0.05) is 91.0 Å². The predicted molar refractivity (Wildman–Crippen MR) is 250 cm³/mol. The van der Waals surface area contributed by atoms with Gasteiger partial charge in [-0.2, -0.15) is 26.3 Å². The van der Waals surface area contributed by atoms with Crippen molar-refractivity contribution in [3.63, 3.8) is 0 Å². The highest BCUT2D eigenvalue weighted by Gasteiger charge is 2.22. The highest BCUT2D eigenvalue weighted by molar-refractivity contribution is 6.12. The van der Waals surface area contributed by atoms with Gasteiger partial charge in [0.1, 0.15) is 0 Å². The molecule has 0 aliphatic heterocycles. The van der Waals surface area contributed by atoms with Crippen LogP contribution in [0.2, 0.25) is 0 Å². The Labute approximate surface area is 373 Å². The zero-order chi connectivity index (χ0) is 44.4. The van der Waals surface area contributed by atoms with Gasteiger partial charge in [0.15, 0.2) is 17.5 Å². The Hall–Kier alpha value is -9.98. The normalized spacial score (nSPS) is 10.7. The number of benzene rings is 8. The lowest BCUT2D eigenvalue weighted by molar-refractivity contribution is 1.06. The van der Waals surface area contributed by atoms with Gasteiger partial charge in [-0.05, 0) is 118 Å². The highest BCUT2D eigenvalue weighted by Crippen LogP contribution is 2.41. The van der Waals surface area contributed by atoms with Crippen LogP contribution in [0.4, 0.5) is 0 Å². The number of aromatic nitrogens is 4. The smallest absolute Gasteiger partial charge is 0.166 e. The molecule has 0 spiro atoms. The number of nitrogens with zero attached hydrogens (tertiary/aromatic N) is 9. The second kappa shape index (κ2) is 16.5. The zero-order valence-corrected chi connectivity index (χ0v) is 34.3. The van der Waals surface area contributed by atoms with Gasteiger partial charge >= 0.3 is 0 Å². The number of fused-ring (bicyclic) bond motifs is 3. The third kappa shape index (κ3) is 7.35. The van der Waals surface area contributed by atoms with E-state index >= 15 is 0 Å². The molecule has 0 radical (unpaired) electrons. The van der Waals surface area contributed by atoms with E-state index < -0.39 is 0 Å². The maximum absolute atomic E-state index is 9.85. The summed E-state index contributed by atoms with van der Waals surface area (Å²) in [6, 6.07) is 66.6. The number of rotatable bonds is 7. The fourth-order valence-electron chi connectivity index (χ4n) is 8.24. The second-order valence-corrected chi connectivity index (χ2v) is 15.3. The molecule has 0 saturated heterocycles. The third-order valence-electron chi connectivity index (χ3n) is 11.3. The highest BCUT2D eigenvalue weighted by atomic mass is 15.1. The van der Waals surface area contributed by atoms with Crippen LogP contribution in [0.5, 0.6) is 0 Å². The zero-order valence-electron chi connectivity index (χ0n) is 34.3. The first-order valence-corrected chi connectivity index (χ1v) is 20.5. The molecule has 0 bridgehead atoms. The first kappa shape index (κ1) is 39.2. The van der Waals surface area contributed by atoms with Crippen LogP contribution < -0.4 is 0 Å². The molecule has 0 N–H and O–H groups in total. The molecule has 10 rings (SSSR count). The monoisotopic (exact) mass is 827 g/mol. The topological polar surface area (TPSA) is 163 Å². The first-order valence-electron chi connectivity index (χ1n) is 20.5. The Bertz CT molecular complexity index is 3510. The maximum Gasteiger partial charge on any atom is 0.166 e. The molecule has 0 aliphatic rings. The molecule has 0 unspecified atom stereocenters. The molecule has 9 nitrogen and oxygen atoms in total. The molecule has 0 saturated carbocycles. The van der Waals surface area contributed by atoms with Gasteiger partial charge in [0.05, 0.1) is 74.9 Å². The average Bonchev–Trinajstić information content (AvgIpc) is 3.71. The molecule has 0 amide bonds. The first-order chi connectivity index (χ1) is 31.9. The fraction of sp³-hybridized carbons (Fsp3) is 0. The van der Waals surface area contributed by atoms with Gasteiger partial charge in [-0.25, -0.2) is 15.0 Å². The van der Waals surface area contributed by atoms with Crippen LogP contribution in [-0.4, -0.2) is 19.5 Å². The van der Waals surface area contributed by atoms with E-state index in [0.29, 0.717) is 45.3 Å². The summed E-state index contributed by atoms with van der Waals surface area (Å²) in [7, 11) is 0. The van der Waals surface area contributed by atoms with E-state index in [1.165, 1.54) is 0 Å². The standard InChI is InChI=1S/C56H29N9/c57-30-35-11-13-40(14-12-35)43-15-20-53(50(29-43)56-63-54(41-7-3-1-4-8-41)62-55(64-56)42-9-5-2-6-10-42)65-51-18-16-44(46-23-36(31-58)21-37(24-46)32-59)27-48(51)49-28-45(17-19-52(49)65)47-25-38(33-60)22-39(26-47)34-61/h1-29H. The van der Waals surface area contributed by atoms with Crippen molar-refractivity contribution in [2.75, 3.05) is 0 Å². The quantitative estimate of drug-likeness (QED) is 0.153. The van der Waals surface area contributed by atoms with Crippen molar-refractivity contribution in [2.24, 2.45) is 0 Å². The van der Waals surface area contributed by atoms with Gasteiger partial charge in [-0.3, -0.25) is 0 Å². The van der Waals surface area contributed by atoms with Crippen LogP contribution in [-0.2, 0) is 0 Å². The minimum Gasteiger partial charge on any atom is -0.308 e. The molecule has 0 atom stereocenters. The summed E-state index contributed by atoms with van der Waals surface area (Å²) < 4.78 is 2.18. The van der Waals surface area contributed by atoms with E-state index in [4.69, 9.17) is 15.0 Å². The van der Waals surface area contributed by atoms with Crippen molar-refractivity contribution in [1.29, 1.82) is 26.3 Å². The lowest BCUT2D eigenvalue weighted by Gasteiger charge is -2.16. The Morgan fingerprint density at radius 1 is 0.308 bits per heavy atom. The minimum atomic E-state index is 0.378. The summed E-state index contributed by atoms with van der Waals surface area (Å²) in [5.74, 6) is 1.46. The molecule has 2 aromatic heterocycles. The van der Waals surface area contributed by atoms with Gasteiger partial charge in [0, 0.05) is 27.5 Å². The van der Waals surface area contributed by atoms with E-state index in [1.807, 2.05) is 103 Å². The molecule has 65 heavy (non-hydrogen) atoms.